The summed E-state index contributed by atoms with van der Waals surface area (Å²) in [5.74, 6) is 2.10. The fourth-order valence-corrected chi connectivity index (χ4v) is 2.79. The van der Waals surface area contributed by atoms with Gasteiger partial charge in [-0.3, -0.25) is 0 Å². The zero-order valence-electron chi connectivity index (χ0n) is 10.6. The monoisotopic (exact) mass is 270 g/mol. The van der Waals surface area contributed by atoms with Gasteiger partial charge in [0, 0.05) is 17.2 Å². The molecule has 1 aromatic carbocycles. The molecule has 0 spiro atoms. The van der Waals surface area contributed by atoms with E-state index in [1.165, 1.54) is 31.2 Å². The predicted molar refractivity (Wildman–Crippen MR) is 76.4 cm³/mol. The highest BCUT2D eigenvalue weighted by Crippen LogP contribution is 2.44. The number of aromatic nitrogens is 2. The van der Waals surface area contributed by atoms with Crippen molar-refractivity contribution >= 4 is 11.6 Å². The van der Waals surface area contributed by atoms with E-state index in [2.05, 4.69) is 29.2 Å². The van der Waals surface area contributed by atoms with Gasteiger partial charge < -0.3 is 0 Å². The minimum atomic E-state index is 0.567. The lowest BCUT2D eigenvalue weighted by atomic mass is 10.0. The van der Waals surface area contributed by atoms with Crippen LogP contribution in [0.3, 0.4) is 0 Å². The summed E-state index contributed by atoms with van der Waals surface area (Å²) < 4.78 is 0. The molecule has 0 saturated heterocycles. The Bertz CT molecular complexity index is 630. The van der Waals surface area contributed by atoms with Crippen LogP contribution in [0.4, 0.5) is 0 Å². The Morgan fingerprint density at radius 2 is 1.68 bits per heavy atom. The van der Waals surface area contributed by atoms with Crippen molar-refractivity contribution in [3.05, 3.63) is 46.7 Å². The van der Waals surface area contributed by atoms with Gasteiger partial charge in [-0.15, -0.1) is 0 Å². The summed E-state index contributed by atoms with van der Waals surface area (Å²) >= 11 is 6.17. The third kappa shape index (κ3) is 2.25. The van der Waals surface area contributed by atoms with Gasteiger partial charge in [-0.1, -0.05) is 35.9 Å². The number of hydrogen-bond donors (Lipinski definition) is 0. The highest BCUT2D eigenvalue weighted by molar-refractivity contribution is 6.29. The first kappa shape index (κ1) is 11.4. The fraction of sp³-hybridized carbons (Fsp3) is 0.375. The normalized spacial score (nSPS) is 18.6. The average molecular weight is 271 g/mol. The number of nitrogens with zero attached hydrogens (tertiary/aromatic N) is 2. The lowest BCUT2D eigenvalue weighted by Gasteiger charge is -2.09. The molecule has 0 N–H and O–H groups in total. The topological polar surface area (TPSA) is 25.8 Å². The lowest BCUT2D eigenvalue weighted by Crippen LogP contribution is -1.97. The van der Waals surface area contributed by atoms with Crippen molar-refractivity contribution in [1.29, 1.82) is 0 Å². The third-order valence-electron chi connectivity index (χ3n) is 3.93. The summed E-state index contributed by atoms with van der Waals surface area (Å²) in [7, 11) is 0. The minimum Gasteiger partial charge on any atom is -0.233 e. The highest BCUT2D eigenvalue weighted by Gasteiger charge is 2.29. The van der Waals surface area contributed by atoms with Gasteiger partial charge in [-0.05, 0) is 43.2 Å². The van der Waals surface area contributed by atoms with Crippen LogP contribution in [0.2, 0.25) is 5.15 Å². The summed E-state index contributed by atoms with van der Waals surface area (Å²) in [5, 5.41) is 0.567. The Labute approximate surface area is 117 Å². The van der Waals surface area contributed by atoms with E-state index in [4.69, 9.17) is 16.6 Å². The molecule has 96 valence electrons. The molecule has 4 rings (SSSR count). The van der Waals surface area contributed by atoms with Crippen molar-refractivity contribution in [3.8, 4) is 11.4 Å². The van der Waals surface area contributed by atoms with Gasteiger partial charge in [0.25, 0.3) is 0 Å². The first-order valence-corrected chi connectivity index (χ1v) is 7.33. The van der Waals surface area contributed by atoms with Gasteiger partial charge in [0.2, 0.25) is 0 Å². The van der Waals surface area contributed by atoms with Crippen LogP contribution in [0.5, 0.6) is 0 Å². The van der Waals surface area contributed by atoms with Crippen molar-refractivity contribution in [1.82, 2.24) is 9.97 Å². The fourth-order valence-electron chi connectivity index (χ4n) is 2.59. The van der Waals surface area contributed by atoms with Gasteiger partial charge in [0.05, 0.1) is 0 Å². The van der Waals surface area contributed by atoms with Crippen LogP contribution in [0.1, 0.15) is 48.8 Å². The van der Waals surface area contributed by atoms with E-state index in [-0.39, 0.29) is 0 Å². The van der Waals surface area contributed by atoms with Gasteiger partial charge in [-0.2, -0.15) is 0 Å². The molecule has 0 amide bonds. The van der Waals surface area contributed by atoms with Crippen LogP contribution < -0.4 is 0 Å². The Morgan fingerprint density at radius 1 is 0.947 bits per heavy atom. The predicted octanol–water partition coefficient (Wildman–Crippen LogP) is 4.55. The van der Waals surface area contributed by atoms with Crippen molar-refractivity contribution in [2.75, 3.05) is 0 Å². The molecule has 0 aliphatic heterocycles. The molecule has 2 fully saturated rings. The van der Waals surface area contributed by atoms with Gasteiger partial charge in [0.15, 0.2) is 5.82 Å². The first-order chi connectivity index (χ1) is 9.31. The highest BCUT2D eigenvalue weighted by atomic mass is 35.5. The molecule has 0 bridgehead atoms. The molecular weight excluding hydrogens is 256 g/mol. The number of hydrogen-bond acceptors (Lipinski definition) is 2. The quantitative estimate of drug-likeness (QED) is 0.765. The standard InChI is InChI=1S/C16H15ClN2/c17-15-9-14(11-7-8-11)18-16(19-15)13-4-2-1-3-12(13)10-5-6-10/h1-4,9-11H,5-8H2. The van der Waals surface area contributed by atoms with Crippen LogP contribution >= 0.6 is 11.6 Å². The van der Waals surface area contributed by atoms with E-state index in [1.807, 2.05) is 6.07 Å². The van der Waals surface area contributed by atoms with Gasteiger partial charge >= 0.3 is 0 Å². The first-order valence-electron chi connectivity index (χ1n) is 6.95. The van der Waals surface area contributed by atoms with Crippen molar-refractivity contribution in [2.45, 2.75) is 37.5 Å². The Kier molecular flexibility index (Phi) is 2.59. The smallest absolute Gasteiger partial charge is 0.161 e. The van der Waals surface area contributed by atoms with E-state index in [1.54, 1.807) is 0 Å². The zero-order valence-corrected chi connectivity index (χ0v) is 11.4. The molecule has 0 radical (unpaired) electrons. The summed E-state index contributed by atoms with van der Waals surface area (Å²) in [6.07, 6.45) is 5.04. The molecule has 2 aliphatic rings. The van der Waals surface area contributed by atoms with E-state index in [9.17, 15) is 0 Å². The number of halogens is 1. The number of benzene rings is 1. The van der Waals surface area contributed by atoms with E-state index in [0.717, 1.165) is 17.1 Å². The van der Waals surface area contributed by atoms with Gasteiger partial charge in [-0.25, -0.2) is 9.97 Å². The zero-order chi connectivity index (χ0) is 12.8. The second-order valence-electron chi connectivity index (χ2n) is 5.57. The van der Waals surface area contributed by atoms with Crippen molar-refractivity contribution in [3.63, 3.8) is 0 Å². The SMILES string of the molecule is Clc1cc(C2CC2)nc(-c2ccccc2C2CC2)n1. The molecule has 0 atom stereocenters. The largest absolute Gasteiger partial charge is 0.233 e. The summed E-state index contributed by atoms with van der Waals surface area (Å²) in [6, 6.07) is 10.4. The van der Waals surface area contributed by atoms with E-state index >= 15 is 0 Å². The molecule has 1 heterocycles. The molecule has 2 aromatic rings. The lowest BCUT2D eigenvalue weighted by molar-refractivity contribution is 0.988. The summed E-state index contributed by atoms with van der Waals surface area (Å²) in [6.45, 7) is 0. The molecule has 1 aromatic heterocycles. The average Bonchev–Trinajstić information content (AvgIpc) is 3.31. The molecule has 2 nitrogen and oxygen atoms in total. The summed E-state index contributed by atoms with van der Waals surface area (Å²) in [4.78, 5) is 9.18. The maximum Gasteiger partial charge on any atom is 0.161 e. The molecule has 2 aliphatic carbocycles. The number of rotatable bonds is 3. The summed E-state index contributed by atoms with van der Waals surface area (Å²) in [5.41, 5.74) is 3.65. The molecular formula is C16H15ClN2. The Hall–Kier alpha value is -1.41. The van der Waals surface area contributed by atoms with Gasteiger partial charge in [0.1, 0.15) is 5.15 Å². The van der Waals surface area contributed by atoms with E-state index < -0.39 is 0 Å². The Morgan fingerprint density at radius 3 is 2.42 bits per heavy atom. The van der Waals surface area contributed by atoms with Crippen molar-refractivity contribution in [2.24, 2.45) is 0 Å². The molecule has 3 heteroatoms. The van der Waals surface area contributed by atoms with Crippen molar-refractivity contribution < 1.29 is 0 Å². The van der Waals surface area contributed by atoms with Crippen LogP contribution in [0.25, 0.3) is 11.4 Å². The van der Waals surface area contributed by atoms with Crippen LogP contribution in [0.15, 0.2) is 30.3 Å². The van der Waals surface area contributed by atoms with E-state index in [0.29, 0.717) is 17.0 Å². The maximum atomic E-state index is 6.17. The third-order valence-corrected chi connectivity index (χ3v) is 4.12. The second kappa shape index (κ2) is 4.31. The molecule has 19 heavy (non-hydrogen) atoms. The minimum absolute atomic E-state index is 0.567. The molecule has 0 unspecified atom stereocenters. The Balaban J connectivity index is 1.83. The van der Waals surface area contributed by atoms with Crippen LogP contribution in [0, 0.1) is 0 Å². The molecule has 2 saturated carbocycles. The maximum absolute atomic E-state index is 6.17. The second-order valence-corrected chi connectivity index (χ2v) is 5.96. The van der Waals surface area contributed by atoms with Crippen LogP contribution in [-0.4, -0.2) is 9.97 Å². The van der Waals surface area contributed by atoms with Crippen LogP contribution in [-0.2, 0) is 0 Å².